The number of morpholine rings is 1. The number of likely N-dealkylation sites (N-methyl/N-ethyl adjacent to an activating group) is 1. The normalized spacial score (nSPS) is 23.9. The van der Waals surface area contributed by atoms with Gasteiger partial charge in [-0.1, -0.05) is 26.2 Å². The molecule has 0 aromatic carbocycles. The van der Waals surface area contributed by atoms with Gasteiger partial charge in [0, 0.05) is 64.9 Å². The van der Waals surface area contributed by atoms with Crippen molar-refractivity contribution in [2.24, 2.45) is 4.99 Å². The molecule has 1 saturated carbocycles. The van der Waals surface area contributed by atoms with E-state index in [0.29, 0.717) is 0 Å². The highest BCUT2D eigenvalue weighted by atomic mass is 127. The molecular weight excluding hydrogens is 503 g/mol. The molecule has 3 rings (SSSR count). The molecule has 0 aromatic heterocycles. The van der Waals surface area contributed by atoms with Crippen LogP contribution in [0.25, 0.3) is 0 Å². The van der Waals surface area contributed by atoms with Crippen molar-refractivity contribution < 1.29 is 4.74 Å². The van der Waals surface area contributed by atoms with Crippen molar-refractivity contribution in [2.75, 3.05) is 85.7 Å². The zero-order valence-electron chi connectivity index (χ0n) is 20.0. The fourth-order valence-electron chi connectivity index (χ4n) is 5.32. The number of guanidine groups is 1. The maximum atomic E-state index is 5.61. The van der Waals surface area contributed by atoms with Crippen LogP contribution in [0.3, 0.4) is 0 Å². The molecule has 0 aromatic rings. The van der Waals surface area contributed by atoms with Gasteiger partial charge >= 0.3 is 0 Å². The summed E-state index contributed by atoms with van der Waals surface area (Å²) in [6, 6.07) is 0. The highest BCUT2D eigenvalue weighted by Crippen LogP contribution is 2.33. The first-order chi connectivity index (χ1) is 14.8. The fraction of sp³-hybridized carbons (Fsp3) is 0.957. The second kappa shape index (κ2) is 14.9. The zero-order valence-corrected chi connectivity index (χ0v) is 22.4. The van der Waals surface area contributed by atoms with E-state index in [9.17, 15) is 0 Å². The number of piperazine rings is 1. The SMILES string of the molecule is CCN1CCN(CCCCNC(=NC)NCC2(N3CCOCC3)CCCCC2)CC1.I. The third-order valence-corrected chi connectivity index (χ3v) is 7.38. The van der Waals surface area contributed by atoms with Crippen molar-refractivity contribution in [3.63, 3.8) is 0 Å². The predicted molar refractivity (Wildman–Crippen MR) is 141 cm³/mol. The van der Waals surface area contributed by atoms with Gasteiger partial charge in [0.2, 0.25) is 0 Å². The first-order valence-corrected chi connectivity index (χ1v) is 12.5. The summed E-state index contributed by atoms with van der Waals surface area (Å²) in [5, 5.41) is 7.22. The summed E-state index contributed by atoms with van der Waals surface area (Å²) in [4.78, 5) is 12.3. The Morgan fingerprint density at radius 1 is 0.903 bits per heavy atom. The highest BCUT2D eigenvalue weighted by molar-refractivity contribution is 14.0. The molecular formula is C23H47IN6O. The fourth-order valence-corrected chi connectivity index (χ4v) is 5.32. The molecule has 0 bridgehead atoms. The van der Waals surface area contributed by atoms with Gasteiger partial charge in [-0.25, -0.2) is 0 Å². The first kappa shape index (κ1) is 27.1. The lowest BCUT2D eigenvalue weighted by Gasteiger charge is -2.48. The van der Waals surface area contributed by atoms with Crippen LogP contribution in [0.2, 0.25) is 0 Å². The van der Waals surface area contributed by atoms with Crippen LogP contribution in [0.4, 0.5) is 0 Å². The third-order valence-electron chi connectivity index (χ3n) is 7.38. The molecule has 0 radical (unpaired) electrons. The lowest BCUT2D eigenvalue weighted by molar-refractivity contribution is -0.0352. The van der Waals surface area contributed by atoms with Crippen LogP contribution >= 0.6 is 24.0 Å². The molecule has 0 amide bonds. The lowest BCUT2D eigenvalue weighted by Crippen LogP contribution is -2.60. The molecule has 0 unspecified atom stereocenters. The predicted octanol–water partition coefficient (Wildman–Crippen LogP) is 2.22. The van der Waals surface area contributed by atoms with E-state index < -0.39 is 0 Å². The van der Waals surface area contributed by atoms with Gasteiger partial charge in [-0.3, -0.25) is 9.89 Å². The second-order valence-electron chi connectivity index (χ2n) is 9.22. The Bertz CT molecular complexity index is 500. The van der Waals surface area contributed by atoms with Crippen molar-refractivity contribution in [2.45, 2.75) is 57.4 Å². The van der Waals surface area contributed by atoms with Crippen LogP contribution in [-0.2, 0) is 4.74 Å². The van der Waals surface area contributed by atoms with E-state index in [1.165, 1.54) is 84.2 Å². The monoisotopic (exact) mass is 550 g/mol. The average molecular weight is 551 g/mol. The number of hydrogen-bond donors (Lipinski definition) is 2. The largest absolute Gasteiger partial charge is 0.379 e. The van der Waals surface area contributed by atoms with E-state index in [1.807, 2.05) is 7.05 Å². The van der Waals surface area contributed by atoms with Gasteiger partial charge < -0.3 is 25.2 Å². The molecule has 2 aliphatic heterocycles. The molecule has 8 heteroatoms. The second-order valence-corrected chi connectivity index (χ2v) is 9.22. The summed E-state index contributed by atoms with van der Waals surface area (Å²) in [5.74, 6) is 0.963. The van der Waals surface area contributed by atoms with Crippen LogP contribution in [0, 0.1) is 0 Å². The molecule has 0 atom stereocenters. The smallest absolute Gasteiger partial charge is 0.191 e. The molecule has 7 nitrogen and oxygen atoms in total. The van der Waals surface area contributed by atoms with Gasteiger partial charge in [-0.15, -0.1) is 24.0 Å². The topological polar surface area (TPSA) is 55.4 Å². The van der Waals surface area contributed by atoms with E-state index in [0.717, 1.165) is 45.4 Å². The van der Waals surface area contributed by atoms with Gasteiger partial charge in [0.05, 0.1) is 13.2 Å². The van der Waals surface area contributed by atoms with Gasteiger partial charge in [0.1, 0.15) is 0 Å². The molecule has 2 N–H and O–H groups in total. The quantitative estimate of drug-likeness (QED) is 0.199. The summed E-state index contributed by atoms with van der Waals surface area (Å²) in [6.45, 7) is 15.5. The summed E-state index contributed by atoms with van der Waals surface area (Å²) >= 11 is 0. The van der Waals surface area contributed by atoms with E-state index in [-0.39, 0.29) is 29.5 Å². The van der Waals surface area contributed by atoms with Crippen LogP contribution in [-0.4, -0.2) is 112 Å². The molecule has 2 heterocycles. The van der Waals surface area contributed by atoms with Crippen LogP contribution in [0.1, 0.15) is 51.9 Å². The maximum absolute atomic E-state index is 5.61. The first-order valence-electron chi connectivity index (χ1n) is 12.5. The number of aliphatic imine (C=N–C) groups is 1. The summed E-state index contributed by atoms with van der Waals surface area (Å²) in [6.07, 6.45) is 9.11. The zero-order chi connectivity index (χ0) is 21.1. The number of hydrogen-bond acceptors (Lipinski definition) is 5. The number of rotatable bonds is 9. The summed E-state index contributed by atoms with van der Waals surface area (Å²) < 4.78 is 5.61. The molecule has 31 heavy (non-hydrogen) atoms. The number of ether oxygens (including phenoxy) is 1. The minimum absolute atomic E-state index is 0. The number of unbranched alkanes of at least 4 members (excludes halogenated alkanes) is 1. The van der Waals surface area contributed by atoms with Gasteiger partial charge in [-0.2, -0.15) is 0 Å². The lowest BCUT2D eigenvalue weighted by atomic mass is 9.80. The Kier molecular flexibility index (Phi) is 13.0. The Morgan fingerprint density at radius 2 is 1.58 bits per heavy atom. The third kappa shape index (κ3) is 8.61. The van der Waals surface area contributed by atoms with Gasteiger partial charge in [0.15, 0.2) is 5.96 Å². The minimum Gasteiger partial charge on any atom is -0.379 e. The van der Waals surface area contributed by atoms with Crippen molar-refractivity contribution in [3.05, 3.63) is 0 Å². The Labute approximate surface area is 207 Å². The van der Waals surface area contributed by atoms with Crippen LogP contribution in [0.5, 0.6) is 0 Å². The number of halogens is 1. The number of nitrogens with zero attached hydrogens (tertiary/aromatic N) is 4. The van der Waals surface area contributed by atoms with Gasteiger partial charge in [0.25, 0.3) is 0 Å². The average Bonchev–Trinajstić information content (AvgIpc) is 2.82. The molecule has 2 saturated heterocycles. The van der Waals surface area contributed by atoms with Crippen LogP contribution < -0.4 is 10.6 Å². The molecule has 182 valence electrons. The minimum atomic E-state index is 0. The van der Waals surface area contributed by atoms with Gasteiger partial charge in [-0.05, 0) is 38.8 Å². The molecule has 0 spiro atoms. The van der Waals surface area contributed by atoms with Crippen molar-refractivity contribution in [1.82, 2.24) is 25.3 Å². The Morgan fingerprint density at radius 3 is 2.23 bits per heavy atom. The van der Waals surface area contributed by atoms with E-state index in [1.54, 1.807) is 0 Å². The molecule has 3 aliphatic rings. The highest BCUT2D eigenvalue weighted by Gasteiger charge is 2.38. The number of nitrogens with one attached hydrogen (secondary N) is 2. The van der Waals surface area contributed by atoms with E-state index in [4.69, 9.17) is 4.74 Å². The van der Waals surface area contributed by atoms with Crippen molar-refractivity contribution >= 4 is 29.9 Å². The van der Waals surface area contributed by atoms with Crippen molar-refractivity contribution in [1.29, 1.82) is 0 Å². The molecule has 1 aliphatic carbocycles. The van der Waals surface area contributed by atoms with E-state index in [2.05, 4.69) is 37.2 Å². The maximum Gasteiger partial charge on any atom is 0.191 e. The summed E-state index contributed by atoms with van der Waals surface area (Å²) in [5.41, 5.74) is 0.278. The van der Waals surface area contributed by atoms with Crippen LogP contribution in [0.15, 0.2) is 4.99 Å². The summed E-state index contributed by atoms with van der Waals surface area (Å²) in [7, 11) is 1.89. The Balaban J connectivity index is 0.00000341. The Hall–Kier alpha value is -0.160. The van der Waals surface area contributed by atoms with Crippen molar-refractivity contribution in [3.8, 4) is 0 Å². The van der Waals surface area contributed by atoms with E-state index >= 15 is 0 Å². The molecule has 3 fully saturated rings. The standard InChI is InChI=1S/C23H46N6O.HI/c1-3-27-13-15-28(16-14-27)12-8-7-11-25-22(24-2)26-21-23(9-5-4-6-10-23)29-17-19-30-20-18-29;/h3-21H2,1-2H3,(H2,24,25,26);1H.